The van der Waals surface area contributed by atoms with Crippen molar-refractivity contribution in [1.82, 2.24) is 4.72 Å². The second kappa shape index (κ2) is 7.17. The van der Waals surface area contributed by atoms with Crippen LogP contribution in [-0.2, 0) is 10.0 Å². The average molecular weight is 388 g/mol. The third-order valence-corrected chi connectivity index (χ3v) is 5.32. The largest absolute Gasteiger partial charge is 0.328 e. The molecule has 0 unspecified atom stereocenters. The second-order valence-corrected chi connectivity index (χ2v) is 7.41. The molecule has 1 fully saturated rings. The standard InChI is InChI=1S/C12H16BrFN2O2S.ClH/c13-8-1-6-12(11(14)7-8)19(17,18)16-10-4-2-9(15)3-5-10;/h1,6-7,9-10,16H,2-5,15H2;1H. The molecule has 0 heterocycles. The van der Waals surface area contributed by atoms with Gasteiger partial charge in [-0.3, -0.25) is 0 Å². The maximum Gasteiger partial charge on any atom is 0.243 e. The van der Waals surface area contributed by atoms with E-state index >= 15 is 0 Å². The minimum absolute atomic E-state index is 0. The van der Waals surface area contributed by atoms with E-state index in [1.54, 1.807) is 0 Å². The van der Waals surface area contributed by atoms with Gasteiger partial charge in [-0.15, -0.1) is 12.4 Å². The summed E-state index contributed by atoms with van der Waals surface area (Å²) < 4.78 is 41.0. The topological polar surface area (TPSA) is 72.2 Å². The fourth-order valence-corrected chi connectivity index (χ4v) is 3.91. The van der Waals surface area contributed by atoms with E-state index in [1.807, 2.05) is 0 Å². The van der Waals surface area contributed by atoms with Crippen LogP contribution in [0.3, 0.4) is 0 Å². The molecule has 0 aliphatic heterocycles. The third kappa shape index (κ3) is 4.39. The molecule has 0 bridgehead atoms. The Morgan fingerprint density at radius 3 is 2.40 bits per heavy atom. The van der Waals surface area contributed by atoms with Crippen molar-refractivity contribution in [2.75, 3.05) is 0 Å². The first-order valence-electron chi connectivity index (χ1n) is 6.11. The lowest BCUT2D eigenvalue weighted by Gasteiger charge is -2.26. The average Bonchev–Trinajstić information content (AvgIpc) is 2.31. The van der Waals surface area contributed by atoms with E-state index in [-0.39, 0.29) is 29.4 Å². The summed E-state index contributed by atoms with van der Waals surface area (Å²) in [5.74, 6) is -0.755. The molecule has 2 rings (SSSR count). The maximum atomic E-state index is 13.7. The molecule has 0 spiro atoms. The fourth-order valence-electron chi connectivity index (χ4n) is 2.21. The summed E-state index contributed by atoms with van der Waals surface area (Å²) in [6.45, 7) is 0. The second-order valence-electron chi connectivity index (χ2n) is 4.81. The molecule has 1 aromatic carbocycles. The Labute approximate surface area is 132 Å². The summed E-state index contributed by atoms with van der Waals surface area (Å²) in [6, 6.07) is 3.90. The van der Waals surface area contributed by atoms with Gasteiger partial charge in [0, 0.05) is 16.6 Å². The predicted octanol–water partition coefficient (Wildman–Crippen LogP) is 2.56. The number of nitrogens with one attached hydrogen (secondary N) is 1. The molecule has 1 aliphatic carbocycles. The summed E-state index contributed by atoms with van der Waals surface area (Å²) in [5, 5.41) is 0. The molecule has 0 radical (unpaired) electrons. The van der Waals surface area contributed by atoms with Gasteiger partial charge in [0.2, 0.25) is 10.0 Å². The Bertz CT molecular complexity index is 563. The van der Waals surface area contributed by atoms with Gasteiger partial charge in [0.05, 0.1) is 0 Å². The molecule has 0 atom stereocenters. The molecule has 0 aromatic heterocycles. The molecule has 20 heavy (non-hydrogen) atoms. The normalized spacial score (nSPS) is 23.1. The van der Waals surface area contributed by atoms with Gasteiger partial charge in [-0.2, -0.15) is 0 Å². The van der Waals surface area contributed by atoms with Crippen LogP contribution in [0.1, 0.15) is 25.7 Å². The van der Waals surface area contributed by atoms with E-state index in [9.17, 15) is 12.8 Å². The predicted molar refractivity (Wildman–Crippen MR) is 81.9 cm³/mol. The molecule has 114 valence electrons. The van der Waals surface area contributed by atoms with Crippen molar-refractivity contribution in [3.8, 4) is 0 Å². The van der Waals surface area contributed by atoms with Crippen LogP contribution >= 0.6 is 28.3 Å². The molecule has 8 heteroatoms. The highest BCUT2D eigenvalue weighted by Crippen LogP contribution is 2.22. The van der Waals surface area contributed by atoms with Crippen LogP contribution in [-0.4, -0.2) is 20.5 Å². The van der Waals surface area contributed by atoms with Crippen LogP contribution in [0.5, 0.6) is 0 Å². The molecule has 4 nitrogen and oxygen atoms in total. The quantitative estimate of drug-likeness (QED) is 0.837. The monoisotopic (exact) mass is 386 g/mol. The number of halogens is 3. The maximum absolute atomic E-state index is 13.7. The number of nitrogens with two attached hydrogens (primary N) is 1. The lowest BCUT2D eigenvalue weighted by atomic mass is 9.93. The molecule has 1 aromatic rings. The zero-order chi connectivity index (χ0) is 14.0. The van der Waals surface area contributed by atoms with Gasteiger partial charge in [-0.05, 0) is 43.9 Å². The Kier molecular flexibility index (Phi) is 6.40. The minimum atomic E-state index is -3.81. The highest BCUT2D eigenvalue weighted by Gasteiger charge is 2.26. The van der Waals surface area contributed by atoms with Crippen LogP contribution in [0.15, 0.2) is 27.6 Å². The Balaban J connectivity index is 0.00000200. The number of benzene rings is 1. The van der Waals surface area contributed by atoms with E-state index in [0.29, 0.717) is 17.3 Å². The summed E-state index contributed by atoms with van der Waals surface area (Å²) in [4.78, 5) is -0.314. The Hall–Kier alpha value is -0.210. The van der Waals surface area contributed by atoms with Crippen LogP contribution < -0.4 is 10.5 Å². The third-order valence-electron chi connectivity index (χ3n) is 3.28. The van der Waals surface area contributed by atoms with Gasteiger partial charge in [0.25, 0.3) is 0 Å². The number of hydrogen-bond donors (Lipinski definition) is 2. The number of hydrogen-bond acceptors (Lipinski definition) is 3. The van der Waals surface area contributed by atoms with Crippen molar-refractivity contribution in [2.24, 2.45) is 5.73 Å². The van der Waals surface area contributed by atoms with Gasteiger partial charge in [0.15, 0.2) is 0 Å². The molecule has 3 N–H and O–H groups in total. The molecule has 1 aliphatic rings. The highest BCUT2D eigenvalue weighted by molar-refractivity contribution is 9.10. The summed E-state index contributed by atoms with van der Waals surface area (Å²) in [5.41, 5.74) is 5.77. The van der Waals surface area contributed by atoms with E-state index in [4.69, 9.17) is 5.73 Å². The van der Waals surface area contributed by atoms with E-state index in [2.05, 4.69) is 20.7 Å². The van der Waals surface area contributed by atoms with E-state index < -0.39 is 15.8 Å². The van der Waals surface area contributed by atoms with Crippen molar-refractivity contribution in [3.63, 3.8) is 0 Å². The van der Waals surface area contributed by atoms with Gasteiger partial charge < -0.3 is 5.73 Å². The van der Waals surface area contributed by atoms with Crippen molar-refractivity contribution < 1.29 is 12.8 Å². The Morgan fingerprint density at radius 2 is 1.85 bits per heavy atom. The van der Waals surface area contributed by atoms with E-state index in [1.165, 1.54) is 12.1 Å². The molecule has 0 amide bonds. The zero-order valence-corrected chi connectivity index (χ0v) is 13.9. The van der Waals surface area contributed by atoms with Gasteiger partial charge in [-0.1, -0.05) is 15.9 Å². The summed E-state index contributed by atoms with van der Waals surface area (Å²) >= 11 is 3.10. The van der Waals surface area contributed by atoms with E-state index in [0.717, 1.165) is 18.9 Å². The van der Waals surface area contributed by atoms with Crippen LogP contribution in [0.4, 0.5) is 4.39 Å². The zero-order valence-electron chi connectivity index (χ0n) is 10.7. The number of sulfonamides is 1. The lowest BCUT2D eigenvalue weighted by Crippen LogP contribution is -2.40. The summed E-state index contributed by atoms with van der Waals surface area (Å²) in [7, 11) is -3.81. The molecule has 1 saturated carbocycles. The highest BCUT2D eigenvalue weighted by atomic mass is 79.9. The molecular weight excluding hydrogens is 371 g/mol. The van der Waals surface area contributed by atoms with Crippen molar-refractivity contribution >= 4 is 38.4 Å². The first kappa shape index (κ1) is 17.8. The van der Waals surface area contributed by atoms with Gasteiger partial charge in [0.1, 0.15) is 10.7 Å². The fraction of sp³-hybridized carbons (Fsp3) is 0.500. The minimum Gasteiger partial charge on any atom is -0.328 e. The van der Waals surface area contributed by atoms with Crippen molar-refractivity contribution in [1.29, 1.82) is 0 Å². The molecule has 0 saturated heterocycles. The number of rotatable bonds is 3. The molecular formula is C12H17BrClFN2O2S. The van der Waals surface area contributed by atoms with Gasteiger partial charge >= 0.3 is 0 Å². The first-order chi connectivity index (χ1) is 8.88. The summed E-state index contributed by atoms with van der Waals surface area (Å²) in [6.07, 6.45) is 2.96. The van der Waals surface area contributed by atoms with Crippen LogP contribution in [0.2, 0.25) is 0 Å². The van der Waals surface area contributed by atoms with Gasteiger partial charge in [-0.25, -0.2) is 17.5 Å². The smallest absolute Gasteiger partial charge is 0.243 e. The van der Waals surface area contributed by atoms with Crippen LogP contribution in [0.25, 0.3) is 0 Å². The SMILES string of the molecule is Cl.NC1CCC(NS(=O)(=O)c2ccc(Br)cc2F)CC1. The Morgan fingerprint density at radius 1 is 1.25 bits per heavy atom. The van der Waals surface area contributed by atoms with Crippen LogP contribution in [0, 0.1) is 5.82 Å². The van der Waals surface area contributed by atoms with Crippen molar-refractivity contribution in [2.45, 2.75) is 42.7 Å². The lowest BCUT2D eigenvalue weighted by molar-refractivity contribution is 0.373. The first-order valence-corrected chi connectivity index (χ1v) is 8.39. The van der Waals surface area contributed by atoms with Crippen molar-refractivity contribution in [3.05, 3.63) is 28.5 Å².